The van der Waals surface area contributed by atoms with Crippen molar-refractivity contribution in [1.29, 1.82) is 0 Å². The van der Waals surface area contributed by atoms with Gasteiger partial charge in [0.05, 0.1) is 11.0 Å². The second-order valence-corrected chi connectivity index (χ2v) is 6.83. The van der Waals surface area contributed by atoms with Crippen molar-refractivity contribution in [3.8, 4) is 0 Å². The van der Waals surface area contributed by atoms with Crippen LogP contribution >= 0.6 is 0 Å². The minimum Gasteiger partial charge on any atom is -0.321 e. The summed E-state index contributed by atoms with van der Waals surface area (Å²) in [5.74, 6) is 0. The number of benzene rings is 1. The zero-order valence-corrected chi connectivity index (χ0v) is 14.5. The van der Waals surface area contributed by atoms with E-state index in [2.05, 4.69) is 6.58 Å². The first kappa shape index (κ1) is 17.5. The lowest BCUT2D eigenvalue weighted by Gasteiger charge is -2.37. The molecule has 1 aliphatic carbocycles. The summed E-state index contributed by atoms with van der Waals surface area (Å²) >= 11 is 0. The van der Waals surface area contributed by atoms with Crippen molar-refractivity contribution in [2.75, 3.05) is 11.4 Å². The normalized spacial score (nSPS) is 22.6. The van der Waals surface area contributed by atoms with Gasteiger partial charge < -0.3 is 4.90 Å². The number of anilines is 1. The Balaban J connectivity index is 1.99. The molecular weight excluding hydrogens is 318 g/mol. The van der Waals surface area contributed by atoms with Crippen LogP contribution in [0.25, 0.3) is 0 Å². The van der Waals surface area contributed by atoms with Crippen molar-refractivity contribution in [2.24, 2.45) is 0 Å². The molecule has 0 spiro atoms. The molecule has 0 bridgehead atoms. The van der Waals surface area contributed by atoms with E-state index in [0.717, 1.165) is 38.5 Å². The molecule has 1 aliphatic heterocycles. The molecule has 1 aromatic rings. The van der Waals surface area contributed by atoms with Crippen LogP contribution in [0.2, 0.25) is 0 Å². The van der Waals surface area contributed by atoms with Crippen molar-refractivity contribution in [3.05, 3.63) is 47.0 Å². The van der Waals surface area contributed by atoms with Crippen LogP contribution in [0.1, 0.15) is 44.9 Å². The Morgan fingerprint density at radius 2 is 1.84 bits per heavy atom. The molecule has 134 valence electrons. The van der Waals surface area contributed by atoms with Crippen LogP contribution in [-0.4, -0.2) is 34.5 Å². The molecule has 1 unspecified atom stereocenters. The second-order valence-electron chi connectivity index (χ2n) is 6.83. The topological polar surface area (TPSA) is 66.7 Å². The highest BCUT2D eigenvalue weighted by atomic mass is 16.6. The fourth-order valence-electron chi connectivity index (χ4n) is 4.03. The molecule has 0 aromatic heterocycles. The average Bonchev–Trinajstić information content (AvgIpc) is 2.81. The maximum Gasteiger partial charge on any atom is 0.325 e. The zero-order valence-electron chi connectivity index (χ0n) is 14.5. The van der Waals surface area contributed by atoms with Crippen LogP contribution in [0.3, 0.4) is 0 Å². The van der Waals surface area contributed by atoms with Crippen molar-refractivity contribution >= 4 is 17.4 Å². The minimum atomic E-state index is -0.418. The predicted octanol–water partition coefficient (Wildman–Crippen LogP) is 4.50. The predicted molar refractivity (Wildman–Crippen MR) is 97.8 cm³/mol. The molecule has 1 aromatic carbocycles. The number of carbonyl (C=O) groups is 1. The van der Waals surface area contributed by atoms with Crippen molar-refractivity contribution in [3.63, 3.8) is 0 Å². The van der Waals surface area contributed by atoms with Gasteiger partial charge in [-0.25, -0.2) is 4.79 Å². The van der Waals surface area contributed by atoms with E-state index in [1.54, 1.807) is 29.2 Å². The van der Waals surface area contributed by atoms with Crippen LogP contribution in [0.15, 0.2) is 36.9 Å². The number of rotatable bonds is 4. The number of nitrogens with zero attached hydrogens (tertiary/aromatic N) is 3. The standard InChI is InChI=1S/C19H25N3O3/c1-2-15-11-8-14-20(16-9-4-3-5-10-16)19(23)21(15)17-12-6-7-13-18(17)22(24)25/h2,6-7,12-13,15-16H,1,3-5,8-11,14H2. The second kappa shape index (κ2) is 7.68. The third-order valence-corrected chi connectivity index (χ3v) is 5.31. The van der Waals surface area contributed by atoms with Crippen LogP contribution in [0.4, 0.5) is 16.2 Å². The molecule has 25 heavy (non-hydrogen) atoms. The first-order valence-corrected chi connectivity index (χ1v) is 9.09. The molecule has 2 fully saturated rings. The molecule has 0 N–H and O–H groups in total. The number of hydrogen-bond acceptors (Lipinski definition) is 3. The summed E-state index contributed by atoms with van der Waals surface area (Å²) < 4.78 is 0. The molecule has 1 saturated carbocycles. The van der Waals surface area contributed by atoms with E-state index < -0.39 is 4.92 Å². The van der Waals surface area contributed by atoms with Gasteiger partial charge in [0, 0.05) is 18.7 Å². The summed E-state index contributed by atoms with van der Waals surface area (Å²) in [5.41, 5.74) is 0.332. The number of urea groups is 1. The summed E-state index contributed by atoms with van der Waals surface area (Å²) in [5, 5.41) is 11.5. The van der Waals surface area contributed by atoms with Crippen LogP contribution < -0.4 is 4.90 Å². The highest BCUT2D eigenvalue weighted by Gasteiger charge is 2.37. The van der Waals surface area contributed by atoms with E-state index in [-0.39, 0.29) is 23.8 Å². The van der Waals surface area contributed by atoms with E-state index in [4.69, 9.17) is 0 Å². The zero-order chi connectivity index (χ0) is 17.8. The van der Waals surface area contributed by atoms with Gasteiger partial charge in [-0.05, 0) is 31.7 Å². The Morgan fingerprint density at radius 3 is 2.52 bits per heavy atom. The number of amides is 2. The van der Waals surface area contributed by atoms with Crippen LogP contribution in [-0.2, 0) is 0 Å². The third-order valence-electron chi connectivity index (χ3n) is 5.31. The summed E-state index contributed by atoms with van der Waals surface area (Å²) in [4.78, 5) is 27.9. The summed E-state index contributed by atoms with van der Waals surface area (Å²) in [7, 11) is 0. The third kappa shape index (κ3) is 3.52. The largest absolute Gasteiger partial charge is 0.325 e. The highest BCUT2D eigenvalue weighted by Crippen LogP contribution is 2.34. The minimum absolute atomic E-state index is 0.0341. The molecular formula is C19H25N3O3. The van der Waals surface area contributed by atoms with Crippen molar-refractivity contribution in [2.45, 2.75) is 57.0 Å². The molecule has 3 rings (SSSR count). The number of para-hydroxylation sites is 2. The van der Waals surface area contributed by atoms with Gasteiger partial charge in [0.25, 0.3) is 5.69 Å². The molecule has 1 heterocycles. The van der Waals surface area contributed by atoms with E-state index in [0.29, 0.717) is 12.2 Å². The summed E-state index contributed by atoms with van der Waals surface area (Å²) in [6.45, 7) is 4.58. The lowest BCUT2D eigenvalue weighted by Crippen LogP contribution is -2.50. The molecule has 2 amide bonds. The Hall–Kier alpha value is -2.37. The van der Waals surface area contributed by atoms with E-state index in [1.807, 2.05) is 4.90 Å². The molecule has 6 nitrogen and oxygen atoms in total. The fraction of sp³-hybridized carbons (Fsp3) is 0.526. The lowest BCUT2D eigenvalue weighted by atomic mass is 9.94. The molecule has 1 atom stereocenters. The van der Waals surface area contributed by atoms with Crippen molar-refractivity contribution < 1.29 is 9.72 Å². The molecule has 2 aliphatic rings. The Labute approximate surface area is 148 Å². The summed E-state index contributed by atoms with van der Waals surface area (Å²) in [6.07, 6.45) is 8.95. The number of nitro groups is 1. The van der Waals surface area contributed by atoms with E-state index in [1.165, 1.54) is 12.5 Å². The van der Waals surface area contributed by atoms with Crippen molar-refractivity contribution in [1.82, 2.24) is 4.90 Å². The summed E-state index contributed by atoms with van der Waals surface area (Å²) in [6, 6.07) is 6.40. The van der Waals surface area contributed by atoms with Gasteiger partial charge in [0.2, 0.25) is 0 Å². The van der Waals surface area contributed by atoms with Gasteiger partial charge in [0.1, 0.15) is 5.69 Å². The molecule has 0 radical (unpaired) electrons. The van der Waals surface area contributed by atoms with Gasteiger partial charge >= 0.3 is 6.03 Å². The molecule has 6 heteroatoms. The fourth-order valence-corrected chi connectivity index (χ4v) is 4.03. The first-order chi connectivity index (χ1) is 12.1. The van der Waals surface area contributed by atoms with Gasteiger partial charge in [0.15, 0.2) is 0 Å². The van der Waals surface area contributed by atoms with Crippen LogP contribution in [0.5, 0.6) is 0 Å². The lowest BCUT2D eigenvalue weighted by molar-refractivity contribution is -0.384. The van der Waals surface area contributed by atoms with Crippen LogP contribution in [0, 0.1) is 10.1 Å². The first-order valence-electron chi connectivity index (χ1n) is 9.09. The van der Waals surface area contributed by atoms with E-state index >= 15 is 0 Å². The maximum atomic E-state index is 13.4. The smallest absolute Gasteiger partial charge is 0.321 e. The van der Waals surface area contributed by atoms with Gasteiger partial charge in [-0.2, -0.15) is 0 Å². The quantitative estimate of drug-likeness (QED) is 0.459. The maximum absolute atomic E-state index is 13.4. The van der Waals surface area contributed by atoms with Gasteiger partial charge in [-0.1, -0.05) is 37.5 Å². The van der Waals surface area contributed by atoms with Gasteiger partial charge in [-0.15, -0.1) is 6.58 Å². The SMILES string of the molecule is C=CC1CCCN(C2CCCCC2)C(=O)N1c1ccccc1[N+](=O)[O-]. The number of carbonyl (C=O) groups excluding carboxylic acids is 1. The Bertz CT molecular complexity index is 655. The Morgan fingerprint density at radius 1 is 1.12 bits per heavy atom. The highest BCUT2D eigenvalue weighted by molar-refractivity contribution is 5.95. The Kier molecular flexibility index (Phi) is 5.36. The van der Waals surface area contributed by atoms with Gasteiger partial charge in [-0.3, -0.25) is 15.0 Å². The molecule has 1 saturated heterocycles. The number of nitro benzene ring substituents is 1. The average molecular weight is 343 g/mol. The van der Waals surface area contributed by atoms with E-state index in [9.17, 15) is 14.9 Å². The monoisotopic (exact) mass is 343 g/mol. The number of hydrogen-bond donors (Lipinski definition) is 0.